The third kappa shape index (κ3) is 3.70. The van der Waals surface area contributed by atoms with Crippen LogP contribution in [0.4, 0.5) is 5.69 Å². The first-order chi connectivity index (χ1) is 8.65. The Bertz CT molecular complexity index is 370. The second-order valence-electron chi connectivity index (χ2n) is 5.75. The van der Waals surface area contributed by atoms with Crippen molar-refractivity contribution in [3.05, 3.63) is 24.0 Å². The van der Waals surface area contributed by atoms with E-state index in [4.69, 9.17) is 0 Å². The summed E-state index contributed by atoms with van der Waals surface area (Å²) < 4.78 is 0. The minimum Gasteiger partial charge on any atom is -0.370 e. The summed E-state index contributed by atoms with van der Waals surface area (Å²) in [7, 11) is 0. The molecule has 0 bridgehead atoms. The van der Waals surface area contributed by atoms with E-state index in [-0.39, 0.29) is 0 Å². The summed E-state index contributed by atoms with van der Waals surface area (Å²) in [6.07, 6.45) is 4.54. The van der Waals surface area contributed by atoms with Gasteiger partial charge in [-0.25, -0.2) is 0 Å². The van der Waals surface area contributed by atoms with E-state index in [1.54, 1.807) is 0 Å². The van der Waals surface area contributed by atoms with Crippen LogP contribution in [0.1, 0.15) is 32.4 Å². The van der Waals surface area contributed by atoms with Gasteiger partial charge in [0, 0.05) is 36.7 Å². The van der Waals surface area contributed by atoms with Gasteiger partial charge in [-0.15, -0.1) is 0 Å². The van der Waals surface area contributed by atoms with Crippen molar-refractivity contribution < 1.29 is 0 Å². The second kappa shape index (κ2) is 6.19. The van der Waals surface area contributed by atoms with Crippen molar-refractivity contribution in [1.82, 2.24) is 10.3 Å². The summed E-state index contributed by atoms with van der Waals surface area (Å²) in [5, 5.41) is 3.59. The maximum atomic E-state index is 4.29. The van der Waals surface area contributed by atoms with Gasteiger partial charge in [-0.1, -0.05) is 13.8 Å². The summed E-state index contributed by atoms with van der Waals surface area (Å²) in [4.78, 5) is 6.79. The Labute approximate surface area is 111 Å². The SMILES string of the molecule is Cc1cc(N(CC(C)C)CC2CCCN2)ccn1. The molecule has 1 N–H and O–H groups in total. The van der Waals surface area contributed by atoms with Gasteiger partial charge in [0.15, 0.2) is 0 Å². The van der Waals surface area contributed by atoms with E-state index in [9.17, 15) is 0 Å². The molecule has 100 valence electrons. The fourth-order valence-electron chi connectivity index (χ4n) is 2.63. The topological polar surface area (TPSA) is 28.2 Å². The fourth-order valence-corrected chi connectivity index (χ4v) is 2.63. The molecule has 1 unspecified atom stereocenters. The zero-order valence-electron chi connectivity index (χ0n) is 11.8. The predicted octanol–water partition coefficient (Wildman–Crippen LogP) is 2.60. The second-order valence-corrected chi connectivity index (χ2v) is 5.75. The lowest BCUT2D eigenvalue weighted by Gasteiger charge is -2.29. The lowest BCUT2D eigenvalue weighted by Crippen LogP contribution is -2.39. The van der Waals surface area contributed by atoms with Gasteiger partial charge >= 0.3 is 0 Å². The normalized spacial score (nSPS) is 19.4. The molecule has 1 aliphatic rings. The number of nitrogens with one attached hydrogen (secondary N) is 1. The van der Waals surface area contributed by atoms with Crippen molar-refractivity contribution in [2.24, 2.45) is 5.92 Å². The molecule has 0 radical (unpaired) electrons. The van der Waals surface area contributed by atoms with Crippen LogP contribution < -0.4 is 10.2 Å². The quantitative estimate of drug-likeness (QED) is 0.867. The Hall–Kier alpha value is -1.09. The molecule has 3 nitrogen and oxygen atoms in total. The molecule has 0 amide bonds. The first-order valence-corrected chi connectivity index (χ1v) is 7.06. The molecule has 18 heavy (non-hydrogen) atoms. The van der Waals surface area contributed by atoms with E-state index in [0.717, 1.165) is 18.8 Å². The molecular formula is C15H25N3. The number of nitrogens with zero attached hydrogens (tertiary/aromatic N) is 2. The highest BCUT2D eigenvalue weighted by atomic mass is 15.2. The van der Waals surface area contributed by atoms with Crippen molar-refractivity contribution in [3.8, 4) is 0 Å². The Balaban J connectivity index is 2.08. The van der Waals surface area contributed by atoms with E-state index < -0.39 is 0 Å². The van der Waals surface area contributed by atoms with Crippen LogP contribution in [0.2, 0.25) is 0 Å². The monoisotopic (exact) mass is 247 g/mol. The van der Waals surface area contributed by atoms with Crippen LogP contribution in [0.15, 0.2) is 18.3 Å². The molecule has 0 saturated carbocycles. The van der Waals surface area contributed by atoms with Gasteiger partial charge in [-0.3, -0.25) is 4.98 Å². The van der Waals surface area contributed by atoms with Crippen LogP contribution >= 0.6 is 0 Å². The highest BCUT2D eigenvalue weighted by Crippen LogP contribution is 2.18. The number of aryl methyl sites for hydroxylation is 1. The number of hydrogen-bond acceptors (Lipinski definition) is 3. The molecule has 3 heteroatoms. The van der Waals surface area contributed by atoms with Gasteiger partial charge in [0.25, 0.3) is 0 Å². The lowest BCUT2D eigenvalue weighted by molar-refractivity contribution is 0.541. The zero-order chi connectivity index (χ0) is 13.0. The van der Waals surface area contributed by atoms with Crippen molar-refractivity contribution in [3.63, 3.8) is 0 Å². The molecule has 1 fully saturated rings. The standard InChI is InChI=1S/C15H25N3/c1-12(2)10-18(11-14-5-4-7-17-14)15-6-8-16-13(3)9-15/h6,8-9,12,14,17H,4-5,7,10-11H2,1-3H3. The number of pyridine rings is 1. The third-order valence-corrected chi connectivity index (χ3v) is 3.43. The van der Waals surface area contributed by atoms with Gasteiger partial charge in [0.05, 0.1) is 0 Å². The molecule has 0 spiro atoms. The van der Waals surface area contributed by atoms with Crippen molar-refractivity contribution >= 4 is 5.69 Å². The van der Waals surface area contributed by atoms with Crippen molar-refractivity contribution in [2.75, 3.05) is 24.5 Å². The zero-order valence-corrected chi connectivity index (χ0v) is 11.8. The molecule has 1 saturated heterocycles. The molecule has 1 aliphatic heterocycles. The minimum absolute atomic E-state index is 0.650. The molecule has 0 aliphatic carbocycles. The van der Waals surface area contributed by atoms with Crippen molar-refractivity contribution in [1.29, 1.82) is 0 Å². The largest absolute Gasteiger partial charge is 0.370 e. The molecule has 2 rings (SSSR count). The van der Waals surface area contributed by atoms with Gasteiger partial charge in [0.2, 0.25) is 0 Å². The number of rotatable bonds is 5. The van der Waals surface area contributed by atoms with Gasteiger partial charge in [-0.2, -0.15) is 0 Å². The van der Waals surface area contributed by atoms with E-state index >= 15 is 0 Å². The lowest BCUT2D eigenvalue weighted by atomic mass is 10.1. The van der Waals surface area contributed by atoms with Gasteiger partial charge in [-0.05, 0) is 44.4 Å². The minimum atomic E-state index is 0.650. The summed E-state index contributed by atoms with van der Waals surface area (Å²) in [5.74, 6) is 0.680. The summed E-state index contributed by atoms with van der Waals surface area (Å²) in [5.41, 5.74) is 2.41. The highest BCUT2D eigenvalue weighted by Gasteiger charge is 2.18. The summed E-state index contributed by atoms with van der Waals surface area (Å²) in [6, 6.07) is 4.97. The predicted molar refractivity (Wildman–Crippen MR) is 77.0 cm³/mol. The average Bonchev–Trinajstić information content (AvgIpc) is 2.80. The van der Waals surface area contributed by atoms with Crippen LogP contribution in [-0.4, -0.2) is 30.7 Å². The summed E-state index contributed by atoms with van der Waals surface area (Å²) >= 11 is 0. The third-order valence-electron chi connectivity index (χ3n) is 3.43. The fraction of sp³-hybridized carbons (Fsp3) is 0.667. The van der Waals surface area contributed by atoms with E-state index in [1.165, 1.54) is 25.1 Å². The Morgan fingerprint density at radius 3 is 2.94 bits per heavy atom. The molecular weight excluding hydrogens is 222 g/mol. The first kappa shape index (κ1) is 13.3. The smallest absolute Gasteiger partial charge is 0.0400 e. The highest BCUT2D eigenvalue weighted by molar-refractivity contribution is 5.46. The Morgan fingerprint density at radius 2 is 2.33 bits per heavy atom. The van der Waals surface area contributed by atoms with Gasteiger partial charge in [0.1, 0.15) is 0 Å². The Kier molecular flexibility index (Phi) is 4.59. The molecule has 1 atom stereocenters. The van der Waals surface area contributed by atoms with Crippen LogP contribution in [0.25, 0.3) is 0 Å². The Morgan fingerprint density at radius 1 is 1.50 bits per heavy atom. The van der Waals surface area contributed by atoms with Crippen LogP contribution in [0.5, 0.6) is 0 Å². The van der Waals surface area contributed by atoms with Gasteiger partial charge < -0.3 is 10.2 Å². The average molecular weight is 247 g/mol. The number of hydrogen-bond donors (Lipinski definition) is 1. The van der Waals surface area contributed by atoms with E-state index in [2.05, 4.69) is 48.1 Å². The summed E-state index contributed by atoms with van der Waals surface area (Å²) in [6.45, 7) is 10.0. The molecule has 2 heterocycles. The number of aromatic nitrogens is 1. The van der Waals surface area contributed by atoms with Crippen LogP contribution in [-0.2, 0) is 0 Å². The van der Waals surface area contributed by atoms with E-state index in [1.807, 2.05) is 6.20 Å². The van der Waals surface area contributed by atoms with Crippen LogP contribution in [0, 0.1) is 12.8 Å². The molecule has 1 aromatic rings. The molecule has 1 aromatic heterocycles. The van der Waals surface area contributed by atoms with E-state index in [0.29, 0.717) is 12.0 Å². The first-order valence-electron chi connectivity index (χ1n) is 7.06. The van der Waals surface area contributed by atoms with Crippen LogP contribution in [0.3, 0.4) is 0 Å². The maximum absolute atomic E-state index is 4.29. The maximum Gasteiger partial charge on any atom is 0.0400 e. The molecule has 0 aromatic carbocycles. The number of anilines is 1. The van der Waals surface area contributed by atoms with Crippen molar-refractivity contribution in [2.45, 2.75) is 39.7 Å².